The fourth-order valence-corrected chi connectivity index (χ4v) is 3.25. The van der Waals surface area contributed by atoms with Crippen molar-refractivity contribution >= 4 is 0 Å². The summed E-state index contributed by atoms with van der Waals surface area (Å²) in [5.74, 6) is 1.63. The van der Waals surface area contributed by atoms with Crippen LogP contribution in [0.1, 0.15) is 57.4 Å². The van der Waals surface area contributed by atoms with Crippen molar-refractivity contribution in [3.8, 4) is 0 Å². The highest BCUT2D eigenvalue weighted by atomic mass is 16.3. The number of aliphatic hydroxyl groups excluding tert-OH is 1. The Balaban J connectivity index is 1.93. The molecule has 0 radical (unpaired) electrons. The molecule has 0 aliphatic heterocycles. The zero-order chi connectivity index (χ0) is 13.0. The summed E-state index contributed by atoms with van der Waals surface area (Å²) in [5, 5.41) is 10.5. The van der Waals surface area contributed by atoms with E-state index in [-0.39, 0.29) is 6.10 Å². The highest BCUT2D eigenvalue weighted by Gasteiger charge is 2.45. The van der Waals surface area contributed by atoms with Crippen molar-refractivity contribution in [2.24, 2.45) is 11.8 Å². The van der Waals surface area contributed by atoms with Crippen LogP contribution >= 0.6 is 0 Å². The van der Waals surface area contributed by atoms with Gasteiger partial charge in [-0.1, -0.05) is 57.0 Å². The van der Waals surface area contributed by atoms with Crippen LogP contribution in [0.2, 0.25) is 0 Å². The molecule has 1 aliphatic carbocycles. The van der Waals surface area contributed by atoms with E-state index >= 15 is 0 Å². The molecule has 0 saturated heterocycles. The van der Waals surface area contributed by atoms with Gasteiger partial charge in [0.25, 0.3) is 0 Å². The Morgan fingerprint density at radius 2 is 1.72 bits per heavy atom. The number of hydrogen-bond donors (Lipinski definition) is 1. The van der Waals surface area contributed by atoms with Gasteiger partial charge in [-0.25, -0.2) is 0 Å². The highest BCUT2D eigenvalue weighted by molar-refractivity contribution is 5.26. The molecule has 0 spiro atoms. The largest absolute Gasteiger partial charge is 0.393 e. The molecule has 1 fully saturated rings. The summed E-state index contributed by atoms with van der Waals surface area (Å²) < 4.78 is 0. The number of benzene rings is 1. The van der Waals surface area contributed by atoms with Crippen LogP contribution < -0.4 is 0 Å². The molecule has 0 bridgehead atoms. The van der Waals surface area contributed by atoms with E-state index in [0.29, 0.717) is 17.8 Å². The van der Waals surface area contributed by atoms with Crippen molar-refractivity contribution < 1.29 is 5.11 Å². The molecule has 2 rings (SSSR count). The predicted octanol–water partition coefficient (Wildman–Crippen LogP) is 4.37. The van der Waals surface area contributed by atoms with Gasteiger partial charge in [-0.2, -0.15) is 0 Å². The minimum absolute atomic E-state index is 0.0879. The van der Waals surface area contributed by atoms with Crippen molar-refractivity contribution in [2.45, 2.75) is 58.0 Å². The van der Waals surface area contributed by atoms with Crippen molar-refractivity contribution in [1.29, 1.82) is 0 Å². The van der Waals surface area contributed by atoms with Gasteiger partial charge in [-0.05, 0) is 42.6 Å². The standard InChI is InChI=1S/C17H26O/c1-3-8-14(9-4-2)17(18)16-12-15(16)13-10-6-5-7-11-13/h5-7,10-11,14-18H,3-4,8-9,12H2,1-2H3. The Hall–Kier alpha value is -0.820. The summed E-state index contributed by atoms with van der Waals surface area (Å²) in [6, 6.07) is 10.7. The SMILES string of the molecule is CCCC(CCC)C(O)C1CC1c1ccccc1. The minimum atomic E-state index is -0.0879. The molecule has 1 aromatic carbocycles. The number of aliphatic hydroxyl groups is 1. The summed E-state index contributed by atoms with van der Waals surface area (Å²) in [6.45, 7) is 4.44. The van der Waals surface area contributed by atoms with E-state index in [4.69, 9.17) is 0 Å². The van der Waals surface area contributed by atoms with Crippen molar-refractivity contribution in [2.75, 3.05) is 0 Å². The quantitative estimate of drug-likeness (QED) is 0.757. The fourth-order valence-electron chi connectivity index (χ4n) is 3.25. The maximum Gasteiger partial charge on any atom is 0.0602 e. The van der Waals surface area contributed by atoms with Crippen LogP contribution in [-0.4, -0.2) is 11.2 Å². The second-order valence-electron chi connectivity index (χ2n) is 5.74. The smallest absolute Gasteiger partial charge is 0.0602 e. The summed E-state index contributed by atoms with van der Waals surface area (Å²) in [4.78, 5) is 0. The molecule has 1 heteroatoms. The van der Waals surface area contributed by atoms with E-state index in [9.17, 15) is 5.11 Å². The summed E-state index contributed by atoms with van der Waals surface area (Å²) in [7, 11) is 0. The lowest BCUT2D eigenvalue weighted by atomic mass is 9.88. The van der Waals surface area contributed by atoms with E-state index in [1.54, 1.807) is 0 Å². The molecule has 1 aromatic rings. The van der Waals surface area contributed by atoms with Gasteiger partial charge in [0, 0.05) is 0 Å². The third-order valence-electron chi connectivity index (χ3n) is 4.31. The first-order valence-electron chi connectivity index (χ1n) is 7.50. The van der Waals surface area contributed by atoms with Gasteiger partial charge in [-0.15, -0.1) is 0 Å². The molecule has 0 amide bonds. The summed E-state index contributed by atoms with van der Waals surface area (Å²) >= 11 is 0. The molecule has 0 aromatic heterocycles. The van der Waals surface area contributed by atoms with Crippen molar-refractivity contribution in [3.63, 3.8) is 0 Å². The second-order valence-corrected chi connectivity index (χ2v) is 5.74. The molecule has 18 heavy (non-hydrogen) atoms. The molecule has 1 nitrogen and oxygen atoms in total. The Morgan fingerprint density at radius 1 is 1.11 bits per heavy atom. The molecule has 1 N–H and O–H groups in total. The van der Waals surface area contributed by atoms with Gasteiger partial charge in [0.2, 0.25) is 0 Å². The lowest BCUT2D eigenvalue weighted by Gasteiger charge is -2.22. The number of hydrogen-bond acceptors (Lipinski definition) is 1. The van der Waals surface area contributed by atoms with Gasteiger partial charge >= 0.3 is 0 Å². The van der Waals surface area contributed by atoms with Crippen LogP contribution in [0.3, 0.4) is 0 Å². The topological polar surface area (TPSA) is 20.2 Å². The Bertz CT molecular complexity index is 340. The third kappa shape index (κ3) is 3.14. The summed E-state index contributed by atoms with van der Waals surface area (Å²) in [6.07, 6.45) is 5.81. The fraction of sp³-hybridized carbons (Fsp3) is 0.647. The lowest BCUT2D eigenvalue weighted by Crippen LogP contribution is -2.23. The van der Waals surface area contributed by atoms with Crippen LogP contribution in [0.4, 0.5) is 0 Å². The molecule has 3 unspecified atom stereocenters. The first-order valence-corrected chi connectivity index (χ1v) is 7.50. The first-order chi connectivity index (χ1) is 8.77. The van der Waals surface area contributed by atoms with E-state index < -0.39 is 0 Å². The van der Waals surface area contributed by atoms with E-state index in [2.05, 4.69) is 44.2 Å². The molecule has 1 aliphatic rings. The molecular formula is C17H26O. The third-order valence-corrected chi connectivity index (χ3v) is 4.31. The van der Waals surface area contributed by atoms with Gasteiger partial charge in [0.05, 0.1) is 6.10 Å². The zero-order valence-electron chi connectivity index (χ0n) is 11.7. The van der Waals surface area contributed by atoms with Crippen LogP contribution in [-0.2, 0) is 0 Å². The van der Waals surface area contributed by atoms with E-state index in [1.165, 1.54) is 37.7 Å². The monoisotopic (exact) mass is 246 g/mol. The first kappa shape index (κ1) is 13.6. The molecule has 100 valence electrons. The molecule has 3 atom stereocenters. The number of rotatable bonds is 7. The van der Waals surface area contributed by atoms with Crippen LogP contribution in [0, 0.1) is 11.8 Å². The van der Waals surface area contributed by atoms with Gasteiger partial charge in [0.15, 0.2) is 0 Å². The van der Waals surface area contributed by atoms with Crippen LogP contribution in [0.5, 0.6) is 0 Å². The van der Waals surface area contributed by atoms with Crippen molar-refractivity contribution in [1.82, 2.24) is 0 Å². The lowest BCUT2D eigenvalue weighted by molar-refractivity contribution is 0.0742. The van der Waals surface area contributed by atoms with Crippen LogP contribution in [0.25, 0.3) is 0 Å². The normalized spacial score (nSPS) is 24.2. The van der Waals surface area contributed by atoms with Crippen LogP contribution in [0.15, 0.2) is 30.3 Å². The predicted molar refractivity (Wildman–Crippen MR) is 76.6 cm³/mol. The molecular weight excluding hydrogens is 220 g/mol. The minimum Gasteiger partial charge on any atom is -0.393 e. The second kappa shape index (κ2) is 6.38. The average Bonchev–Trinajstić information content (AvgIpc) is 3.19. The van der Waals surface area contributed by atoms with E-state index in [0.717, 1.165) is 0 Å². The highest BCUT2D eigenvalue weighted by Crippen LogP contribution is 2.51. The van der Waals surface area contributed by atoms with Gasteiger partial charge < -0.3 is 5.11 Å². The summed E-state index contributed by atoms with van der Waals surface area (Å²) in [5.41, 5.74) is 1.41. The molecule has 1 saturated carbocycles. The maximum absolute atomic E-state index is 10.5. The van der Waals surface area contributed by atoms with Gasteiger partial charge in [0.1, 0.15) is 0 Å². The Kier molecular flexibility index (Phi) is 4.82. The van der Waals surface area contributed by atoms with E-state index in [1.807, 2.05) is 0 Å². The Labute approximate surface area is 111 Å². The zero-order valence-corrected chi connectivity index (χ0v) is 11.7. The van der Waals surface area contributed by atoms with Crippen molar-refractivity contribution in [3.05, 3.63) is 35.9 Å². The maximum atomic E-state index is 10.5. The van der Waals surface area contributed by atoms with Gasteiger partial charge in [-0.3, -0.25) is 0 Å². The molecule has 0 heterocycles. The average molecular weight is 246 g/mol. The Morgan fingerprint density at radius 3 is 2.28 bits per heavy atom.